The third-order valence-corrected chi connectivity index (χ3v) is 8.60. The first-order chi connectivity index (χ1) is 22.2. The van der Waals surface area contributed by atoms with Gasteiger partial charge < -0.3 is 20.4 Å². The molecule has 9 nitrogen and oxygen atoms in total. The molecule has 9 heteroatoms. The average Bonchev–Trinajstić information content (AvgIpc) is 3.05. The number of carbonyl (C=O) groups is 1. The normalized spacial score (nSPS) is 13.8. The van der Waals surface area contributed by atoms with Crippen molar-refractivity contribution in [2.45, 2.75) is 59.3 Å². The van der Waals surface area contributed by atoms with E-state index in [0.29, 0.717) is 24.5 Å². The Morgan fingerprint density at radius 3 is 2.43 bits per heavy atom. The highest BCUT2D eigenvalue weighted by Crippen LogP contribution is 2.38. The summed E-state index contributed by atoms with van der Waals surface area (Å²) in [6, 6.07) is 17.8. The first kappa shape index (κ1) is 33.2. The van der Waals surface area contributed by atoms with Crippen molar-refractivity contribution in [2.24, 2.45) is 0 Å². The minimum Gasteiger partial charge on any atom is -0.492 e. The molecule has 244 valence electrons. The van der Waals surface area contributed by atoms with Gasteiger partial charge in [-0.05, 0) is 83.0 Å². The number of nitrogens with one attached hydrogen (secondary N) is 3. The van der Waals surface area contributed by atoms with Crippen LogP contribution in [0.3, 0.4) is 0 Å². The fourth-order valence-corrected chi connectivity index (χ4v) is 5.95. The van der Waals surface area contributed by atoms with Gasteiger partial charge in [-0.2, -0.15) is 0 Å². The fraction of sp³-hybridized carbons (Fsp3) is 0.432. The number of H-pyrrole nitrogens is 1. The molecule has 1 saturated heterocycles. The Morgan fingerprint density at radius 2 is 1.74 bits per heavy atom. The van der Waals surface area contributed by atoms with Crippen LogP contribution in [0.2, 0.25) is 0 Å². The maximum absolute atomic E-state index is 14.1. The van der Waals surface area contributed by atoms with Crippen LogP contribution in [0.1, 0.15) is 70.4 Å². The monoisotopic (exact) mass is 624 g/mol. The Bertz CT molecular complexity index is 1660. The second-order valence-electron chi connectivity index (χ2n) is 12.7. The van der Waals surface area contributed by atoms with Crippen LogP contribution in [0, 0.1) is 0 Å². The molecule has 1 aliphatic heterocycles. The zero-order chi connectivity index (χ0) is 32.6. The molecule has 2 aromatic carbocycles. The van der Waals surface area contributed by atoms with Crippen molar-refractivity contribution >= 4 is 28.4 Å². The number of nitrogens with zero attached hydrogens (tertiary/aromatic N) is 3. The number of rotatable bonds is 12. The van der Waals surface area contributed by atoms with Crippen LogP contribution < -0.4 is 25.8 Å². The molecule has 5 rings (SSSR count). The molecule has 0 spiro atoms. The smallest absolute Gasteiger partial charge is 0.326 e. The molecule has 0 atom stereocenters. The zero-order valence-corrected chi connectivity index (χ0v) is 27.9. The highest BCUT2D eigenvalue weighted by molar-refractivity contribution is 6.03. The number of aromatic nitrogens is 2. The molecule has 0 bridgehead atoms. The predicted octanol–water partition coefficient (Wildman–Crippen LogP) is 6.96. The van der Waals surface area contributed by atoms with Crippen molar-refractivity contribution in [3.05, 3.63) is 82.3 Å². The molecule has 0 aliphatic carbocycles. The molecule has 1 fully saturated rings. The second kappa shape index (κ2) is 15.4. The van der Waals surface area contributed by atoms with Crippen LogP contribution in [-0.2, 0) is 0 Å². The number of piperazine rings is 1. The van der Waals surface area contributed by atoms with Crippen molar-refractivity contribution < 1.29 is 9.53 Å². The van der Waals surface area contributed by atoms with Gasteiger partial charge in [0.05, 0.1) is 0 Å². The van der Waals surface area contributed by atoms with Crippen molar-refractivity contribution in [1.29, 1.82) is 0 Å². The van der Waals surface area contributed by atoms with Crippen LogP contribution in [0.15, 0.2) is 65.6 Å². The largest absolute Gasteiger partial charge is 0.492 e. The van der Waals surface area contributed by atoms with Gasteiger partial charge in [-0.15, -0.1) is 0 Å². The van der Waals surface area contributed by atoms with Gasteiger partial charge in [0.15, 0.2) is 0 Å². The van der Waals surface area contributed by atoms with E-state index in [2.05, 4.69) is 84.4 Å². The lowest BCUT2D eigenvalue weighted by Crippen LogP contribution is -2.44. The Balaban J connectivity index is 1.44. The quantitative estimate of drug-likeness (QED) is 0.158. The lowest BCUT2D eigenvalue weighted by atomic mass is 9.88. The van der Waals surface area contributed by atoms with Crippen molar-refractivity contribution in [1.82, 2.24) is 20.2 Å². The molecule has 0 radical (unpaired) electrons. The van der Waals surface area contributed by atoms with E-state index in [0.717, 1.165) is 84.6 Å². The summed E-state index contributed by atoms with van der Waals surface area (Å²) in [5.74, 6) is 1.14. The molecule has 2 amide bonds. The summed E-state index contributed by atoms with van der Waals surface area (Å²) >= 11 is 0. The summed E-state index contributed by atoms with van der Waals surface area (Å²) in [4.78, 5) is 38.4. The van der Waals surface area contributed by atoms with Gasteiger partial charge in [-0.25, -0.2) is 9.78 Å². The highest BCUT2D eigenvalue weighted by atomic mass is 16.5. The number of hydrogen-bond donors (Lipinski definition) is 3. The third-order valence-electron chi connectivity index (χ3n) is 8.60. The van der Waals surface area contributed by atoms with Crippen LogP contribution in [0.25, 0.3) is 22.2 Å². The Kier molecular flexibility index (Phi) is 11.1. The lowest BCUT2D eigenvalue weighted by Gasteiger charge is -2.27. The third kappa shape index (κ3) is 7.95. The number of carbonyl (C=O) groups excluding carboxylic acids is 1. The van der Waals surface area contributed by atoms with E-state index in [1.54, 1.807) is 17.2 Å². The van der Waals surface area contributed by atoms with Gasteiger partial charge in [-0.1, -0.05) is 53.2 Å². The van der Waals surface area contributed by atoms with Crippen LogP contribution in [0.4, 0.5) is 16.2 Å². The minimum atomic E-state index is -0.337. The molecule has 3 N–H and O–H groups in total. The van der Waals surface area contributed by atoms with E-state index in [1.807, 2.05) is 24.3 Å². The number of ether oxygens (including phenoxy) is 1. The summed E-state index contributed by atoms with van der Waals surface area (Å²) in [5, 5.41) is 7.43. The Hall–Kier alpha value is -4.21. The number of benzene rings is 2. The van der Waals surface area contributed by atoms with Gasteiger partial charge in [0.2, 0.25) is 0 Å². The number of aromatic amines is 1. The first-order valence-electron chi connectivity index (χ1n) is 16.7. The number of amides is 2. The molecule has 4 aromatic rings. The van der Waals surface area contributed by atoms with Gasteiger partial charge in [0, 0.05) is 56.5 Å². The fourth-order valence-electron chi connectivity index (χ4n) is 5.95. The number of fused-ring (bicyclic) bond motifs is 1. The second-order valence-corrected chi connectivity index (χ2v) is 12.7. The maximum atomic E-state index is 14.1. The zero-order valence-electron chi connectivity index (χ0n) is 27.9. The van der Waals surface area contributed by atoms with E-state index >= 15 is 0 Å². The number of unbranched alkanes of at least 4 members (excludes halogenated alkanes) is 1. The van der Waals surface area contributed by atoms with E-state index in [4.69, 9.17) is 4.74 Å². The maximum Gasteiger partial charge on any atom is 0.326 e. The summed E-state index contributed by atoms with van der Waals surface area (Å²) in [6.45, 7) is 16.8. The van der Waals surface area contributed by atoms with Crippen LogP contribution >= 0.6 is 0 Å². The van der Waals surface area contributed by atoms with E-state index in [-0.39, 0.29) is 23.4 Å². The average molecular weight is 625 g/mol. The standard InChI is InChI=1S/C37H48N6O3/c1-6-7-16-43(33-24-28-11-9-13-39-35(28)41-36(33)44)37(45)40-34-31(25(2)3)22-29(23-32(34)26(4)5)27-10-8-12-30(21-27)46-20-19-42-17-14-38-15-18-42/h8-13,21-26,38H,6-7,14-20H2,1-5H3,(H,40,45)(H,39,41,44). The number of urea groups is 1. The van der Waals surface area contributed by atoms with Gasteiger partial charge in [-0.3, -0.25) is 14.6 Å². The molecule has 1 aliphatic rings. The highest BCUT2D eigenvalue weighted by Gasteiger charge is 2.24. The number of pyridine rings is 2. The molecule has 3 heterocycles. The SMILES string of the molecule is CCCCN(C(=O)Nc1c(C(C)C)cc(-c2cccc(OCCN3CCNCC3)c2)cc1C(C)C)c1cc2cccnc2[nH]c1=O. The molecule has 2 aromatic heterocycles. The van der Waals surface area contributed by atoms with E-state index in [9.17, 15) is 9.59 Å². The van der Waals surface area contributed by atoms with Gasteiger partial charge in [0.1, 0.15) is 23.7 Å². The van der Waals surface area contributed by atoms with Gasteiger partial charge in [0.25, 0.3) is 5.56 Å². The first-order valence-corrected chi connectivity index (χ1v) is 16.7. The topological polar surface area (TPSA) is 103 Å². The minimum absolute atomic E-state index is 0.144. The molecular formula is C37H48N6O3. The van der Waals surface area contributed by atoms with Crippen molar-refractivity contribution in [3.8, 4) is 16.9 Å². The number of anilines is 2. The molecular weight excluding hydrogens is 576 g/mol. The van der Waals surface area contributed by atoms with Crippen LogP contribution in [-0.4, -0.2) is 66.8 Å². The summed E-state index contributed by atoms with van der Waals surface area (Å²) < 4.78 is 6.18. The molecule has 46 heavy (non-hydrogen) atoms. The summed E-state index contributed by atoms with van der Waals surface area (Å²) in [7, 11) is 0. The number of hydrogen-bond acceptors (Lipinski definition) is 6. The molecule has 0 unspecified atom stereocenters. The van der Waals surface area contributed by atoms with E-state index < -0.39 is 0 Å². The van der Waals surface area contributed by atoms with Crippen molar-refractivity contribution in [3.63, 3.8) is 0 Å². The Morgan fingerprint density at radius 1 is 1.00 bits per heavy atom. The van der Waals surface area contributed by atoms with E-state index in [1.165, 1.54) is 0 Å². The van der Waals surface area contributed by atoms with Crippen LogP contribution in [0.5, 0.6) is 5.75 Å². The van der Waals surface area contributed by atoms with Gasteiger partial charge >= 0.3 is 6.03 Å². The molecule has 0 saturated carbocycles. The summed E-state index contributed by atoms with van der Waals surface area (Å²) in [6.07, 6.45) is 3.29. The lowest BCUT2D eigenvalue weighted by molar-refractivity contribution is 0.191. The Labute approximate surface area is 272 Å². The predicted molar refractivity (Wildman–Crippen MR) is 188 cm³/mol. The summed E-state index contributed by atoms with van der Waals surface area (Å²) in [5.41, 5.74) is 5.54. The van der Waals surface area contributed by atoms with Crippen molar-refractivity contribution in [2.75, 3.05) is 56.1 Å².